The molecular formula is C14H15N3O2. The molecule has 0 aliphatic heterocycles. The Labute approximate surface area is 111 Å². The minimum Gasteiger partial charge on any atom is -0.496 e. The van der Waals surface area contributed by atoms with E-state index >= 15 is 0 Å². The van der Waals surface area contributed by atoms with Gasteiger partial charge in [0.2, 0.25) is 0 Å². The summed E-state index contributed by atoms with van der Waals surface area (Å²) in [5, 5.41) is 8.93. The first-order chi connectivity index (χ1) is 9.19. The summed E-state index contributed by atoms with van der Waals surface area (Å²) in [7, 11) is 1.57. The quantitative estimate of drug-likeness (QED) is 0.835. The monoisotopic (exact) mass is 257 g/mol. The number of benzene rings is 1. The minimum atomic E-state index is -0.0630. The third-order valence-electron chi connectivity index (χ3n) is 3.01. The average Bonchev–Trinajstić information content (AvgIpc) is 2.79. The molecule has 0 spiro atoms. The summed E-state index contributed by atoms with van der Waals surface area (Å²) in [6.45, 7) is 2.95. The van der Waals surface area contributed by atoms with Crippen LogP contribution in [0.1, 0.15) is 18.1 Å². The van der Waals surface area contributed by atoms with Crippen LogP contribution in [0.2, 0.25) is 0 Å². The number of ether oxygens (including phenoxy) is 1. The first-order valence-corrected chi connectivity index (χ1v) is 6.02. The zero-order valence-electron chi connectivity index (χ0n) is 11.0. The second-order valence-electron chi connectivity index (χ2n) is 4.13. The van der Waals surface area contributed by atoms with Gasteiger partial charge in [-0.15, -0.1) is 0 Å². The summed E-state index contributed by atoms with van der Waals surface area (Å²) in [5.74, 6) is 0.676. The number of aryl methyl sites for hydroxylation is 1. The third-order valence-corrected chi connectivity index (χ3v) is 3.01. The van der Waals surface area contributed by atoms with Crippen LogP contribution in [-0.4, -0.2) is 16.2 Å². The fourth-order valence-corrected chi connectivity index (χ4v) is 1.97. The summed E-state index contributed by atoms with van der Waals surface area (Å²) < 4.78 is 8.48. The average molecular weight is 257 g/mol. The molecule has 0 amide bonds. The fraction of sp³-hybridized carbons (Fsp3) is 0.286. The number of hydrogen-bond acceptors (Lipinski definition) is 3. The Balaban J connectivity index is 2.39. The molecule has 0 N–H and O–H groups in total. The molecule has 0 bridgehead atoms. The van der Waals surface area contributed by atoms with Gasteiger partial charge in [-0.05, 0) is 25.1 Å². The molecule has 1 heterocycles. The molecule has 0 radical (unpaired) electrons. The second kappa shape index (κ2) is 5.44. The Kier molecular flexibility index (Phi) is 3.71. The molecule has 2 rings (SSSR count). The van der Waals surface area contributed by atoms with Crippen molar-refractivity contribution in [1.82, 2.24) is 9.13 Å². The van der Waals surface area contributed by atoms with Gasteiger partial charge in [0.1, 0.15) is 5.75 Å². The molecular weight excluding hydrogens is 242 g/mol. The van der Waals surface area contributed by atoms with E-state index in [4.69, 9.17) is 10.00 Å². The van der Waals surface area contributed by atoms with E-state index in [2.05, 4.69) is 6.07 Å². The van der Waals surface area contributed by atoms with Crippen LogP contribution in [0, 0.1) is 11.3 Å². The maximum Gasteiger partial charge on any atom is 0.328 e. The van der Waals surface area contributed by atoms with Gasteiger partial charge in [-0.1, -0.05) is 0 Å². The third kappa shape index (κ3) is 2.52. The van der Waals surface area contributed by atoms with Crippen molar-refractivity contribution in [1.29, 1.82) is 5.26 Å². The molecule has 0 fully saturated rings. The number of aromatic nitrogens is 2. The van der Waals surface area contributed by atoms with Crippen molar-refractivity contribution < 1.29 is 4.74 Å². The largest absolute Gasteiger partial charge is 0.496 e. The topological polar surface area (TPSA) is 59.9 Å². The van der Waals surface area contributed by atoms with Gasteiger partial charge in [-0.2, -0.15) is 5.26 Å². The lowest BCUT2D eigenvalue weighted by molar-refractivity contribution is 0.408. The van der Waals surface area contributed by atoms with Crippen LogP contribution in [0.3, 0.4) is 0 Å². The zero-order valence-corrected chi connectivity index (χ0v) is 11.0. The predicted molar refractivity (Wildman–Crippen MR) is 71.2 cm³/mol. The molecule has 0 unspecified atom stereocenters. The summed E-state index contributed by atoms with van der Waals surface area (Å²) in [4.78, 5) is 12.0. The van der Waals surface area contributed by atoms with E-state index in [1.54, 1.807) is 46.8 Å². The van der Waals surface area contributed by atoms with Gasteiger partial charge in [0.25, 0.3) is 0 Å². The molecule has 0 atom stereocenters. The Morgan fingerprint density at radius 2 is 2.05 bits per heavy atom. The number of hydrogen-bond donors (Lipinski definition) is 0. The van der Waals surface area contributed by atoms with Crippen LogP contribution >= 0.6 is 0 Å². The zero-order chi connectivity index (χ0) is 13.8. The Morgan fingerprint density at radius 3 is 2.63 bits per heavy atom. The van der Waals surface area contributed by atoms with E-state index < -0.39 is 0 Å². The van der Waals surface area contributed by atoms with Crippen molar-refractivity contribution in [3.63, 3.8) is 0 Å². The van der Waals surface area contributed by atoms with Crippen LogP contribution < -0.4 is 10.4 Å². The van der Waals surface area contributed by atoms with Gasteiger partial charge in [0, 0.05) is 24.5 Å². The van der Waals surface area contributed by atoms with Gasteiger partial charge in [0.15, 0.2) is 0 Å². The van der Waals surface area contributed by atoms with E-state index in [1.807, 2.05) is 6.92 Å². The van der Waals surface area contributed by atoms with E-state index in [-0.39, 0.29) is 5.69 Å². The fourth-order valence-electron chi connectivity index (χ4n) is 1.97. The Morgan fingerprint density at radius 1 is 1.32 bits per heavy atom. The van der Waals surface area contributed by atoms with Crippen molar-refractivity contribution >= 4 is 0 Å². The van der Waals surface area contributed by atoms with E-state index in [0.29, 0.717) is 24.4 Å². The maximum absolute atomic E-state index is 12.0. The van der Waals surface area contributed by atoms with Crippen LogP contribution in [0.25, 0.3) is 0 Å². The SMILES string of the molecule is CCn1ccn(Cc2cc(C#N)ccc2OC)c1=O. The van der Waals surface area contributed by atoms with Crippen molar-refractivity contribution in [3.8, 4) is 11.8 Å². The molecule has 98 valence electrons. The first kappa shape index (κ1) is 13.0. The second-order valence-corrected chi connectivity index (χ2v) is 4.13. The Hall–Kier alpha value is -2.48. The Bertz CT molecular complexity index is 677. The number of nitrogens with zero attached hydrogens (tertiary/aromatic N) is 3. The van der Waals surface area contributed by atoms with Gasteiger partial charge in [-0.25, -0.2) is 4.79 Å². The molecule has 0 saturated heterocycles. The highest BCUT2D eigenvalue weighted by molar-refractivity contribution is 5.42. The van der Waals surface area contributed by atoms with Crippen LogP contribution in [0.15, 0.2) is 35.4 Å². The molecule has 1 aromatic carbocycles. The molecule has 2 aromatic rings. The summed E-state index contributed by atoms with van der Waals surface area (Å²) in [5.41, 5.74) is 1.31. The molecule has 0 saturated carbocycles. The molecule has 1 aromatic heterocycles. The van der Waals surface area contributed by atoms with Crippen LogP contribution in [0.5, 0.6) is 5.75 Å². The molecule has 5 nitrogen and oxygen atoms in total. The predicted octanol–water partition coefficient (Wildman–Crippen LogP) is 1.60. The van der Waals surface area contributed by atoms with Crippen LogP contribution in [-0.2, 0) is 13.1 Å². The summed E-state index contributed by atoms with van der Waals surface area (Å²) in [6.07, 6.45) is 3.49. The molecule has 5 heteroatoms. The highest BCUT2D eigenvalue weighted by Gasteiger charge is 2.08. The number of rotatable bonds is 4. The lowest BCUT2D eigenvalue weighted by Gasteiger charge is -2.09. The van der Waals surface area contributed by atoms with Crippen molar-refractivity contribution in [2.75, 3.05) is 7.11 Å². The lowest BCUT2D eigenvalue weighted by Crippen LogP contribution is -2.24. The number of imidazole rings is 1. The lowest BCUT2D eigenvalue weighted by atomic mass is 10.1. The normalized spacial score (nSPS) is 10.2. The minimum absolute atomic E-state index is 0.0630. The number of nitriles is 1. The van der Waals surface area contributed by atoms with Crippen molar-refractivity contribution in [3.05, 3.63) is 52.2 Å². The van der Waals surface area contributed by atoms with Crippen molar-refractivity contribution in [2.45, 2.75) is 20.0 Å². The van der Waals surface area contributed by atoms with E-state index in [0.717, 1.165) is 5.56 Å². The highest BCUT2D eigenvalue weighted by atomic mass is 16.5. The maximum atomic E-state index is 12.0. The van der Waals surface area contributed by atoms with Gasteiger partial charge in [0.05, 0.1) is 25.3 Å². The summed E-state index contributed by atoms with van der Waals surface area (Å²) in [6, 6.07) is 7.27. The van der Waals surface area contributed by atoms with Crippen molar-refractivity contribution in [2.24, 2.45) is 0 Å². The smallest absolute Gasteiger partial charge is 0.328 e. The van der Waals surface area contributed by atoms with Gasteiger partial charge < -0.3 is 4.74 Å². The highest BCUT2D eigenvalue weighted by Crippen LogP contribution is 2.20. The van der Waals surface area contributed by atoms with Crippen LogP contribution in [0.4, 0.5) is 0 Å². The standard InChI is InChI=1S/C14H15N3O2/c1-3-16-6-7-17(14(16)18)10-12-8-11(9-15)4-5-13(12)19-2/h4-8H,3,10H2,1-2H3. The summed E-state index contributed by atoms with van der Waals surface area (Å²) >= 11 is 0. The first-order valence-electron chi connectivity index (χ1n) is 6.02. The van der Waals surface area contributed by atoms with E-state index in [1.165, 1.54) is 0 Å². The van der Waals surface area contributed by atoms with Gasteiger partial charge in [-0.3, -0.25) is 9.13 Å². The number of methoxy groups -OCH3 is 1. The van der Waals surface area contributed by atoms with Gasteiger partial charge >= 0.3 is 5.69 Å². The van der Waals surface area contributed by atoms with E-state index in [9.17, 15) is 4.79 Å². The molecule has 19 heavy (non-hydrogen) atoms. The molecule has 0 aliphatic carbocycles. The molecule has 0 aliphatic rings.